The first-order valence-electron chi connectivity index (χ1n) is 5.55. The second kappa shape index (κ2) is 9.32. The minimum Gasteiger partial charge on any atom is -0.480 e. The number of esters is 1. The highest BCUT2D eigenvalue weighted by Crippen LogP contribution is 2.16. The molecule has 0 heterocycles. The van der Waals surface area contributed by atoms with E-state index in [1.165, 1.54) is 0 Å². The monoisotopic (exact) mass is 314 g/mol. The average Bonchev–Trinajstić information content (AvgIpc) is 2.31. The van der Waals surface area contributed by atoms with Crippen molar-refractivity contribution >= 4 is 24.3 Å². The lowest BCUT2D eigenvalue weighted by atomic mass is 9.96. The fourth-order valence-electron chi connectivity index (χ4n) is 1.01. The molecule has 0 aromatic rings. The number of carboxylic acids is 1. The van der Waals surface area contributed by atoms with Crippen LogP contribution in [0.2, 0.25) is 0 Å². The first-order valence-corrected chi connectivity index (χ1v) is 5.55. The van der Waals surface area contributed by atoms with Gasteiger partial charge in [-0.1, -0.05) is 13.8 Å². The number of ether oxygens (including phenoxy) is 1. The first-order chi connectivity index (χ1) is 8.64. The number of carbonyl (C=O) groups is 2. The zero-order chi connectivity index (χ0) is 15.1. The Balaban J connectivity index is 0. The molecule has 0 aliphatic carbocycles. The number of hydrogen-bond acceptors (Lipinski definition) is 7. The summed E-state index contributed by atoms with van der Waals surface area (Å²) in [6.07, 6.45) is -0.153. The Kier molecular flexibility index (Phi) is 9.65. The van der Waals surface area contributed by atoms with Crippen molar-refractivity contribution in [2.75, 3.05) is 13.2 Å². The van der Waals surface area contributed by atoms with E-state index in [4.69, 9.17) is 15.6 Å². The molecular formula is C10H19ClN2O7. The maximum Gasteiger partial charge on any atom is 0.320 e. The van der Waals surface area contributed by atoms with Crippen LogP contribution in [0.15, 0.2) is 0 Å². The molecule has 20 heavy (non-hydrogen) atoms. The largest absolute Gasteiger partial charge is 0.480 e. The van der Waals surface area contributed by atoms with Crippen molar-refractivity contribution in [2.45, 2.75) is 32.7 Å². The van der Waals surface area contributed by atoms with Crippen LogP contribution in [0.5, 0.6) is 0 Å². The molecule has 0 saturated heterocycles. The van der Waals surface area contributed by atoms with Crippen molar-refractivity contribution in [1.29, 1.82) is 0 Å². The van der Waals surface area contributed by atoms with Gasteiger partial charge in [0.25, 0.3) is 5.09 Å². The molecule has 0 amide bonds. The Hall–Kier alpha value is -1.61. The molecule has 1 atom stereocenters. The van der Waals surface area contributed by atoms with Gasteiger partial charge in [0.05, 0.1) is 6.61 Å². The van der Waals surface area contributed by atoms with Gasteiger partial charge in [-0.15, -0.1) is 22.5 Å². The Labute approximate surface area is 121 Å². The minimum atomic E-state index is -1.19. The summed E-state index contributed by atoms with van der Waals surface area (Å²) in [7, 11) is 0. The third kappa shape index (κ3) is 10.3. The summed E-state index contributed by atoms with van der Waals surface area (Å²) in [6.45, 7) is 2.99. The average molecular weight is 315 g/mol. The van der Waals surface area contributed by atoms with E-state index in [2.05, 4.69) is 4.84 Å². The third-order valence-electron chi connectivity index (χ3n) is 2.16. The van der Waals surface area contributed by atoms with Crippen LogP contribution in [-0.2, 0) is 19.2 Å². The quantitative estimate of drug-likeness (QED) is 0.353. The highest BCUT2D eigenvalue weighted by atomic mass is 35.5. The molecule has 0 fully saturated rings. The highest BCUT2D eigenvalue weighted by Gasteiger charge is 2.23. The number of nitrogens with zero attached hydrogens (tertiary/aromatic N) is 1. The van der Waals surface area contributed by atoms with Crippen LogP contribution in [0.4, 0.5) is 0 Å². The van der Waals surface area contributed by atoms with Crippen molar-refractivity contribution in [3.8, 4) is 0 Å². The number of rotatable bonds is 9. The standard InChI is InChI=1S/C10H18N2O7.ClH/c1-10(2,6-19-12(16)17)5-18-8(13)4-3-7(11)9(14)15;/h7H,3-6,11H2,1-2H3,(H,14,15);1H/t7-;/m0./s1. The Morgan fingerprint density at radius 1 is 1.40 bits per heavy atom. The van der Waals surface area contributed by atoms with Gasteiger partial charge >= 0.3 is 11.9 Å². The molecule has 0 spiro atoms. The number of aliphatic carboxylic acids is 1. The number of carbonyl (C=O) groups excluding carboxylic acids is 1. The zero-order valence-electron chi connectivity index (χ0n) is 11.2. The number of hydrogen-bond donors (Lipinski definition) is 2. The number of carboxylic acid groups (broad SMARTS) is 1. The van der Waals surface area contributed by atoms with Crippen molar-refractivity contribution in [3.63, 3.8) is 0 Å². The third-order valence-corrected chi connectivity index (χ3v) is 2.16. The van der Waals surface area contributed by atoms with Gasteiger partial charge in [-0.3, -0.25) is 9.59 Å². The Morgan fingerprint density at radius 2 is 1.95 bits per heavy atom. The van der Waals surface area contributed by atoms with Gasteiger partial charge in [0.2, 0.25) is 0 Å². The summed E-state index contributed by atoms with van der Waals surface area (Å²) in [5.74, 6) is -1.79. The van der Waals surface area contributed by atoms with E-state index in [0.717, 1.165) is 0 Å². The fourth-order valence-corrected chi connectivity index (χ4v) is 1.01. The van der Waals surface area contributed by atoms with Gasteiger partial charge in [0.15, 0.2) is 0 Å². The van der Waals surface area contributed by atoms with E-state index in [0.29, 0.717) is 0 Å². The van der Waals surface area contributed by atoms with E-state index in [9.17, 15) is 19.7 Å². The molecule has 9 nitrogen and oxygen atoms in total. The van der Waals surface area contributed by atoms with Crippen LogP contribution in [0.3, 0.4) is 0 Å². The molecule has 118 valence electrons. The summed E-state index contributed by atoms with van der Waals surface area (Å²) in [6, 6.07) is -1.11. The lowest BCUT2D eigenvalue weighted by Crippen LogP contribution is -2.32. The molecule has 0 aromatic carbocycles. The summed E-state index contributed by atoms with van der Waals surface area (Å²) in [5.41, 5.74) is 4.51. The summed E-state index contributed by atoms with van der Waals surface area (Å²) in [4.78, 5) is 36.0. The molecule has 0 rings (SSSR count). The predicted octanol–water partition coefficient (Wildman–Crippen LogP) is 0.378. The lowest BCUT2D eigenvalue weighted by Gasteiger charge is -2.22. The summed E-state index contributed by atoms with van der Waals surface area (Å²) in [5, 5.41) is 17.6. The molecule has 0 aliphatic heterocycles. The smallest absolute Gasteiger partial charge is 0.320 e. The Bertz CT molecular complexity index is 348. The van der Waals surface area contributed by atoms with Crippen LogP contribution in [-0.4, -0.2) is 41.4 Å². The van der Waals surface area contributed by atoms with Crippen LogP contribution in [0.25, 0.3) is 0 Å². The van der Waals surface area contributed by atoms with E-state index in [-0.39, 0.29) is 38.5 Å². The van der Waals surface area contributed by atoms with Crippen molar-refractivity contribution in [3.05, 3.63) is 10.1 Å². The molecule has 10 heteroatoms. The van der Waals surface area contributed by atoms with E-state index >= 15 is 0 Å². The Morgan fingerprint density at radius 3 is 2.40 bits per heavy atom. The molecule has 3 N–H and O–H groups in total. The van der Waals surface area contributed by atoms with Crippen LogP contribution < -0.4 is 5.73 Å². The van der Waals surface area contributed by atoms with E-state index in [1.54, 1.807) is 13.8 Å². The van der Waals surface area contributed by atoms with Crippen molar-refractivity contribution in [1.82, 2.24) is 0 Å². The maximum atomic E-state index is 11.3. The van der Waals surface area contributed by atoms with Crippen molar-refractivity contribution < 1.29 is 29.4 Å². The van der Waals surface area contributed by atoms with Crippen LogP contribution in [0.1, 0.15) is 26.7 Å². The molecular weight excluding hydrogens is 296 g/mol. The van der Waals surface area contributed by atoms with E-state index < -0.39 is 28.5 Å². The van der Waals surface area contributed by atoms with Gasteiger partial charge in [0.1, 0.15) is 12.6 Å². The van der Waals surface area contributed by atoms with Crippen LogP contribution >= 0.6 is 12.4 Å². The second-order valence-electron chi connectivity index (χ2n) is 4.81. The van der Waals surface area contributed by atoms with Crippen LogP contribution in [0, 0.1) is 15.5 Å². The molecule has 0 saturated carbocycles. The summed E-state index contributed by atoms with van der Waals surface area (Å²) >= 11 is 0. The van der Waals surface area contributed by atoms with Gasteiger partial charge in [0, 0.05) is 11.8 Å². The molecule has 0 bridgehead atoms. The number of halogens is 1. The van der Waals surface area contributed by atoms with Crippen molar-refractivity contribution in [2.24, 2.45) is 11.1 Å². The van der Waals surface area contributed by atoms with Gasteiger partial charge < -0.3 is 20.4 Å². The van der Waals surface area contributed by atoms with Gasteiger partial charge in [-0.2, -0.15) is 0 Å². The molecule has 0 aliphatic rings. The molecule has 0 radical (unpaired) electrons. The van der Waals surface area contributed by atoms with E-state index in [1.807, 2.05) is 0 Å². The minimum absolute atomic E-state index is 0. The predicted molar refractivity (Wildman–Crippen MR) is 69.8 cm³/mol. The SMILES string of the molecule is CC(C)(COC(=O)CC[C@H](N)C(=O)O)CO[N+](=O)[O-].Cl. The maximum absolute atomic E-state index is 11.3. The highest BCUT2D eigenvalue weighted by molar-refractivity contribution is 5.85. The lowest BCUT2D eigenvalue weighted by molar-refractivity contribution is -0.760. The molecule has 0 aromatic heterocycles. The normalized spacial score (nSPS) is 11.9. The van der Waals surface area contributed by atoms with Gasteiger partial charge in [-0.25, -0.2) is 0 Å². The fraction of sp³-hybridized carbons (Fsp3) is 0.800. The molecule has 0 unspecified atom stereocenters. The number of nitrogens with two attached hydrogens (primary N) is 1. The summed E-state index contributed by atoms with van der Waals surface area (Å²) < 4.78 is 4.88. The zero-order valence-corrected chi connectivity index (χ0v) is 12.1. The second-order valence-corrected chi connectivity index (χ2v) is 4.81. The van der Waals surface area contributed by atoms with Gasteiger partial charge in [-0.05, 0) is 6.42 Å². The topological polar surface area (TPSA) is 142 Å². The first kappa shape index (κ1) is 20.7.